The highest BCUT2D eigenvalue weighted by Gasteiger charge is 2.11. The van der Waals surface area contributed by atoms with Crippen LogP contribution in [-0.2, 0) is 6.54 Å². The van der Waals surface area contributed by atoms with Crippen LogP contribution in [-0.4, -0.2) is 13.1 Å². The van der Waals surface area contributed by atoms with Crippen molar-refractivity contribution >= 4 is 11.4 Å². The van der Waals surface area contributed by atoms with Gasteiger partial charge in [0.15, 0.2) is 0 Å². The molecule has 2 nitrogen and oxygen atoms in total. The van der Waals surface area contributed by atoms with Crippen LogP contribution in [0.5, 0.6) is 0 Å². The summed E-state index contributed by atoms with van der Waals surface area (Å²) in [5, 5.41) is 3.44. The molecule has 0 unspecified atom stereocenters. The van der Waals surface area contributed by atoms with Crippen LogP contribution in [0.1, 0.15) is 18.4 Å². The molecule has 0 aliphatic carbocycles. The number of anilines is 2. The molecule has 1 aliphatic rings. The van der Waals surface area contributed by atoms with Gasteiger partial charge in [-0.05, 0) is 42.7 Å². The van der Waals surface area contributed by atoms with Crippen molar-refractivity contribution in [3.05, 3.63) is 60.2 Å². The van der Waals surface area contributed by atoms with Gasteiger partial charge in [-0.2, -0.15) is 0 Å². The third-order valence-corrected chi connectivity index (χ3v) is 3.68. The Hall–Kier alpha value is -1.96. The van der Waals surface area contributed by atoms with Gasteiger partial charge in [0.05, 0.1) is 0 Å². The van der Waals surface area contributed by atoms with Crippen LogP contribution in [0.3, 0.4) is 0 Å². The lowest BCUT2D eigenvalue weighted by atomic mass is 10.2. The van der Waals surface area contributed by atoms with E-state index in [0.29, 0.717) is 0 Å². The summed E-state index contributed by atoms with van der Waals surface area (Å²) in [6.07, 6.45) is 2.66. The van der Waals surface area contributed by atoms with E-state index in [4.69, 9.17) is 0 Å². The Morgan fingerprint density at radius 2 is 1.53 bits per heavy atom. The molecule has 0 radical (unpaired) electrons. The van der Waals surface area contributed by atoms with Gasteiger partial charge in [-0.15, -0.1) is 0 Å². The molecule has 98 valence electrons. The van der Waals surface area contributed by atoms with E-state index in [1.165, 1.54) is 42.9 Å². The maximum atomic E-state index is 3.44. The van der Waals surface area contributed by atoms with Crippen molar-refractivity contribution in [1.29, 1.82) is 0 Å². The van der Waals surface area contributed by atoms with Gasteiger partial charge in [0.1, 0.15) is 0 Å². The van der Waals surface area contributed by atoms with E-state index in [9.17, 15) is 0 Å². The van der Waals surface area contributed by atoms with E-state index in [1.807, 2.05) is 6.07 Å². The number of hydrogen-bond donors (Lipinski definition) is 1. The third-order valence-electron chi connectivity index (χ3n) is 3.68. The van der Waals surface area contributed by atoms with Crippen molar-refractivity contribution in [3.8, 4) is 0 Å². The lowest BCUT2D eigenvalue weighted by Gasteiger charge is -2.17. The summed E-state index contributed by atoms with van der Waals surface area (Å²) >= 11 is 0. The molecule has 2 heteroatoms. The average molecular weight is 252 g/mol. The zero-order valence-electron chi connectivity index (χ0n) is 11.2. The standard InChI is InChI=1S/C17H20N2/c1-2-6-16(7-3-1)18-14-15-8-10-17(11-9-15)19-12-4-5-13-19/h1-3,6-11,18H,4-5,12-14H2. The molecule has 0 amide bonds. The summed E-state index contributed by atoms with van der Waals surface area (Å²) in [4.78, 5) is 2.47. The highest BCUT2D eigenvalue weighted by atomic mass is 15.1. The van der Waals surface area contributed by atoms with Crippen LogP contribution >= 0.6 is 0 Å². The number of nitrogens with zero attached hydrogens (tertiary/aromatic N) is 1. The SMILES string of the molecule is c1ccc(NCc2ccc(N3CCCC3)cc2)cc1. The largest absolute Gasteiger partial charge is 0.381 e. The lowest BCUT2D eigenvalue weighted by molar-refractivity contribution is 0.949. The fraction of sp³-hybridized carbons (Fsp3) is 0.294. The summed E-state index contributed by atoms with van der Waals surface area (Å²) < 4.78 is 0. The Morgan fingerprint density at radius 1 is 0.842 bits per heavy atom. The first-order chi connectivity index (χ1) is 9.42. The molecule has 2 aromatic rings. The van der Waals surface area contributed by atoms with E-state index in [2.05, 4.69) is 58.7 Å². The van der Waals surface area contributed by atoms with Gasteiger partial charge in [-0.3, -0.25) is 0 Å². The molecule has 0 saturated carbocycles. The van der Waals surface area contributed by atoms with Gasteiger partial charge in [-0.1, -0.05) is 30.3 Å². The minimum atomic E-state index is 0.879. The molecule has 3 rings (SSSR count). The second-order valence-corrected chi connectivity index (χ2v) is 5.08. The van der Waals surface area contributed by atoms with Crippen LogP contribution in [0.4, 0.5) is 11.4 Å². The molecule has 19 heavy (non-hydrogen) atoms. The number of benzene rings is 2. The van der Waals surface area contributed by atoms with Crippen LogP contribution in [0, 0.1) is 0 Å². The summed E-state index contributed by atoms with van der Waals surface area (Å²) in [5.74, 6) is 0. The summed E-state index contributed by atoms with van der Waals surface area (Å²) in [6, 6.07) is 19.3. The van der Waals surface area contributed by atoms with Crippen LogP contribution < -0.4 is 10.2 Å². The van der Waals surface area contributed by atoms with Gasteiger partial charge in [0.2, 0.25) is 0 Å². The highest BCUT2D eigenvalue weighted by molar-refractivity contribution is 5.49. The summed E-state index contributed by atoms with van der Waals surface area (Å²) in [5.41, 5.74) is 3.86. The second kappa shape index (κ2) is 5.79. The Labute approximate surface area is 115 Å². The Morgan fingerprint density at radius 3 is 2.21 bits per heavy atom. The first-order valence-corrected chi connectivity index (χ1v) is 7.05. The molecule has 2 aromatic carbocycles. The predicted molar refractivity (Wildman–Crippen MR) is 81.7 cm³/mol. The molecule has 1 N–H and O–H groups in total. The molecular weight excluding hydrogens is 232 g/mol. The van der Waals surface area contributed by atoms with Crippen LogP contribution in [0.2, 0.25) is 0 Å². The van der Waals surface area contributed by atoms with Crippen molar-refractivity contribution in [3.63, 3.8) is 0 Å². The highest BCUT2D eigenvalue weighted by Crippen LogP contribution is 2.20. The van der Waals surface area contributed by atoms with Crippen molar-refractivity contribution in [2.24, 2.45) is 0 Å². The Kier molecular flexibility index (Phi) is 3.68. The first-order valence-electron chi connectivity index (χ1n) is 7.05. The quantitative estimate of drug-likeness (QED) is 0.887. The fourth-order valence-electron chi connectivity index (χ4n) is 2.56. The van der Waals surface area contributed by atoms with Crippen molar-refractivity contribution in [2.75, 3.05) is 23.3 Å². The van der Waals surface area contributed by atoms with E-state index in [-0.39, 0.29) is 0 Å². The van der Waals surface area contributed by atoms with E-state index < -0.39 is 0 Å². The number of hydrogen-bond acceptors (Lipinski definition) is 2. The molecule has 0 bridgehead atoms. The third kappa shape index (κ3) is 3.08. The van der Waals surface area contributed by atoms with Gasteiger partial charge < -0.3 is 10.2 Å². The monoisotopic (exact) mass is 252 g/mol. The van der Waals surface area contributed by atoms with Gasteiger partial charge in [0, 0.05) is 31.0 Å². The molecular formula is C17H20N2. The van der Waals surface area contributed by atoms with Gasteiger partial charge in [0.25, 0.3) is 0 Å². The molecule has 1 saturated heterocycles. The van der Waals surface area contributed by atoms with E-state index >= 15 is 0 Å². The van der Waals surface area contributed by atoms with Crippen LogP contribution in [0.25, 0.3) is 0 Å². The minimum Gasteiger partial charge on any atom is -0.381 e. The van der Waals surface area contributed by atoms with E-state index in [1.54, 1.807) is 0 Å². The zero-order chi connectivity index (χ0) is 12.9. The number of para-hydroxylation sites is 1. The smallest absolute Gasteiger partial charge is 0.0400 e. The summed E-state index contributed by atoms with van der Waals surface area (Å²) in [6.45, 7) is 3.30. The molecule has 0 aromatic heterocycles. The maximum absolute atomic E-state index is 3.44. The number of rotatable bonds is 4. The van der Waals surface area contributed by atoms with Gasteiger partial charge >= 0.3 is 0 Å². The first kappa shape index (κ1) is 12.1. The minimum absolute atomic E-state index is 0.879. The van der Waals surface area contributed by atoms with Crippen molar-refractivity contribution in [2.45, 2.75) is 19.4 Å². The zero-order valence-corrected chi connectivity index (χ0v) is 11.2. The molecule has 0 atom stereocenters. The van der Waals surface area contributed by atoms with Crippen molar-refractivity contribution < 1.29 is 0 Å². The lowest BCUT2D eigenvalue weighted by Crippen LogP contribution is -2.17. The molecule has 1 fully saturated rings. The number of nitrogens with one attached hydrogen (secondary N) is 1. The topological polar surface area (TPSA) is 15.3 Å². The second-order valence-electron chi connectivity index (χ2n) is 5.08. The summed E-state index contributed by atoms with van der Waals surface area (Å²) in [7, 11) is 0. The molecule has 1 heterocycles. The molecule has 1 aliphatic heterocycles. The van der Waals surface area contributed by atoms with Crippen LogP contribution in [0.15, 0.2) is 54.6 Å². The maximum Gasteiger partial charge on any atom is 0.0400 e. The normalized spacial score (nSPS) is 14.6. The van der Waals surface area contributed by atoms with Gasteiger partial charge in [-0.25, -0.2) is 0 Å². The Balaban J connectivity index is 1.60. The van der Waals surface area contributed by atoms with Crippen molar-refractivity contribution in [1.82, 2.24) is 0 Å². The fourth-order valence-corrected chi connectivity index (χ4v) is 2.56. The predicted octanol–water partition coefficient (Wildman–Crippen LogP) is 3.90. The molecule has 0 spiro atoms. The average Bonchev–Trinajstić information content (AvgIpc) is 3.01. The Bertz CT molecular complexity index is 499. The van der Waals surface area contributed by atoms with E-state index in [0.717, 1.165) is 6.54 Å².